The zero-order chi connectivity index (χ0) is 28.5. The molecule has 208 valence electrons. The lowest BCUT2D eigenvalue weighted by Gasteiger charge is -2.14. The van der Waals surface area contributed by atoms with Gasteiger partial charge in [0, 0.05) is 24.1 Å². The van der Waals surface area contributed by atoms with Crippen molar-refractivity contribution in [3.63, 3.8) is 0 Å². The number of hydrogen-bond donors (Lipinski definition) is 1. The molecule has 0 spiro atoms. The second-order valence-electron chi connectivity index (χ2n) is 8.62. The first-order valence-corrected chi connectivity index (χ1v) is 13.1. The number of hydrogen-bond acceptors (Lipinski definition) is 6. The molecular formula is C31H38FN3O4. The first-order chi connectivity index (χ1) is 19.1. The first kappa shape index (κ1) is 31.3. The van der Waals surface area contributed by atoms with Crippen LogP contribution in [0.25, 0.3) is 16.6 Å². The highest BCUT2D eigenvalue weighted by molar-refractivity contribution is 6.03. The fourth-order valence-electron chi connectivity index (χ4n) is 4.09. The summed E-state index contributed by atoms with van der Waals surface area (Å²) in [5.74, 6) is 0.511. The molecule has 1 aliphatic heterocycles. The van der Waals surface area contributed by atoms with Gasteiger partial charge in [-0.2, -0.15) is 0 Å². The van der Waals surface area contributed by atoms with Gasteiger partial charge in [-0.05, 0) is 62.5 Å². The minimum absolute atomic E-state index is 0.0135. The van der Waals surface area contributed by atoms with Crippen molar-refractivity contribution in [1.29, 1.82) is 0 Å². The van der Waals surface area contributed by atoms with Crippen LogP contribution < -0.4 is 5.56 Å². The number of rotatable bonds is 14. The third kappa shape index (κ3) is 9.12. The van der Waals surface area contributed by atoms with Gasteiger partial charge in [0.1, 0.15) is 11.9 Å². The maximum absolute atomic E-state index is 13.5. The van der Waals surface area contributed by atoms with Gasteiger partial charge in [-0.15, -0.1) is 13.2 Å². The van der Waals surface area contributed by atoms with Gasteiger partial charge in [-0.3, -0.25) is 14.6 Å². The van der Waals surface area contributed by atoms with E-state index < -0.39 is 0 Å². The molecule has 0 bridgehead atoms. The number of allylic oxidation sites excluding steroid dienone is 8. The molecule has 0 fully saturated rings. The predicted molar refractivity (Wildman–Crippen MR) is 157 cm³/mol. The molecular weight excluding hydrogens is 497 g/mol. The van der Waals surface area contributed by atoms with Gasteiger partial charge >= 0.3 is 0 Å². The number of benzene rings is 1. The van der Waals surface area contributed by atoms with E-state index in [1.807, 2.05) is 18.2 Å². The Bertz CT molecular complexity index is 1290. The zero-order valence-electron chi connectivity index (χ0n) is 22.6. The summed E-state index contributed by atoms with van der Waals surface area (Å²) in [4.78, 5) is 28.1. The average Bonchev–Trinajstić information content (AvgIpc) is 3.44. The van der Waals surface area contributed by atoms with Crippen LogP contribution >= 0.6 is 0 Å². The number of oxime groups is 1. The quantitative estimate of drug-likeness (QED) is 0.0901. The zero-order valence-corrected chi connectivity index (χ0v) is 22.6. The molecule has 0 radical (unpaired) electrons. The lowest BCUT2D eigenvalue weighted by atomic mass is 10.0. The summed E-state index contributed by atoms with van der Waals surface area (Å²) in [6.07, 6.45) is 18.1. The molecule has 0 aliphatic carbocycles. The topological polar surface area (TPSA) is 85.9 Å². The van der Waals surface area contributed by atoms with Crippen molar-refractivity contribution in [2.24, 2.45) is 5.16 Å². The van der Waals surface area contributed by atoms with Crippen LogP contribution in [0.1, 0.15) is 56.8 Å². The molecule has 1 atom stereocenters. The van der Waals surface area contributed by atoms with Crippen LogP contribution in [-0.4, -0.2) is 33.2 Å². The molecule has 2 aromatic rings. The molecule has 1 aromatic carbocycles. The second kappa shape index (κ2) is 17.6. The van der Waals surface area contributed by atoms with E-state index in [-0.39, 0.29) is 18.3 Å². The second-order valence-corrected chi connectivity index (χ2v) is 8.62. The monoisotopic (exact) mass is 535 g/mol. The molecule has 0 saturated heterocycles. The van der Waals surface area contributed by atoms with E-state index in [1.54, 1.807) is 6.07 Å². The van der Waals surface area contributed by atoms with Crippen molar-refractivity contribution in [2.75, 3.05) is 6.61 Å². The molecule has 8 heteroatoms. The summed E-state index contributed by atoms with van der Waals surface area (Å²) in [6, 6.07) is 5.46. The predicted octanol–water partition coefficient (Wildman–Crippen LogP) is 7.32. The van der Waals surface area contributed by atoms with Gasteiger partial charge < -0.3 is 4.84 Å². The van der Waals surface area contributed by atoms with Crippen molar-refractivity contribution < 1.29 is 19.4 Å². The van der Waals surface area contributed by atoms with Gasteiger partial charge in [0.05, 0.1) is 29.6 Å². The molecule has 1 aromatic heterocycles. The first-order valence-electron chi connectivity index (χ1n) is 13.1. The van der Waals surface area contributed by atoms with Crippen LogP contribution in [0.2, 0.25) is 0 Å². The van der Waals surface area contributed by atoms with Crippen molar-refractivity contribution in [3.05, 3.63) is 109 Å². The standard InChI is InChI=1S/C29H34FN3O4.C2H4/c1-3-5-6-7-8-9-14-24-21-26(32-37-24)22-16-17-25-27(20-22)31-28(15-10-11-19-36-35)33(29(25)34)23(4-2)13-12-18-30;1-2/h4-8,12-13,16-18,20,24,35H,2-3,9-11,14-15,19,21H2,1H3;1-2H2/b6-5-,8-7-,18-12+,23-13+;. The van der Waals surface area contributed by atoms with Crippen molar-refractivity contribution in [2.45, 2.75) is 58.0 Å². The minimum atomic E-state index is -0.269. The Hall–Kier alpha value is -3.88. The van der Waals surface area contributed by atoms with Gasteiger partial charge in [-0.25, -0.2) is 14.3 Å². The summed E-state index contributed by atoms with van der Waals surface area (Å²) in [5.41, 5.74) is 2.39. The summed E-state index contributed by atoms with van der Waals surface area (Å²) < 4.78 is 14.1. The number of unbranched alkanes of at least 4 members (excludes halogenated alkanes) is 1. The molecule has 1 N–H and O–H groups in total. The van der Waals surface area contributed by atoms with E-state index in [9.17, 15) is 9.18 Å². The van der Waals surface area contributed by atoms with Crippen LogP contribution in [0.4, 0.5) is 4.39 Å². The fourth-order valence-corrected chi connectivity index (χ4v) is 4.09. The van der Waals surface area contributed by atoms with E-state index in [0.29, 0.717) is 54.4 Å². The van der Waals surface area contributed by atoms with Crippen LogP contribution in [-0.2, 0) is 16.1 Å². The molecule has 3 rings (SSSR count). The maximum Gasteiger partial charge on any atom is 0.265 e. The third-order valence-electron chi connectivity index (χ3n) is 5.97. The Morgan fingerprint density at radius 2 is 2.05 bits per heavy atom. The lowest BCUT2D eigenvalue weighted by Crippen LogP contribution is -2.24. The molecule has 0 saturated carbocycles. The molecule has 0 amide bonds. The molecule has 1 aliphatic rings. The molecule has 39 heavy (non-hydrogen) atoms. The van der Waals surface area contributed by atoms with Gasteiger partial charge in [0.2, 0.25) is 0 Å². The van der Waals surface area contributed by atoms with E-state index in [4.69, 9.17) is 15.1 Å². The Balaban J connectivity index is 0.00000260. The van der Waals surface area contributed by atoms with Crippen LogP contribution in [0.15, 0.2) is 96.7 Å². The summed E-state index contributed by atoms with van der Waals surface area (Å²) in [7, 11) is 0. The number of aromatic nitrogens is 2. The highest BCUT2D eigenvalue weighted by Crippen LogP contribution is 2.23. The smallest absolute Gasteiger partial charge is 0.265 e. The maximum atomic E-state index is 13.5. The van der Waals surface area contributed by atoms with E-state index in [1.165, 1.54) is 22.8 Å². The van der Waals surface area contributed by atoms with E-state index in [2.05, 4.69) is 54.9 Å². The molecule has 2 heterocycles. The van der Waals surface area contributed by atoms with Crippen molar-refractivity contribution in [1.82, 2.24) is 9.55 Å². The number of nitrogens with zero attached hydrogens (tertiary/aromatic N) is 3. The van der Waals surface area contributed by atoms with E-state index >= 15 is 0 Å². The normalized spacial score (nSPS) is 15.6. The highest BCUT2D eigenvalue weighted by Gasteiger charge is 2.22. The third-order valence-corrected chi connectivity index (χ3v) is 5.97. The summed E-state index contributed by atoms with van der Waals surface area (Å²) in [5, 5.41) is 13.3. The molecule has 7 nitrogen and oxygen atoms in total. The number of aryl methyl sites for hydroxylation is 1. The SMILES string of the molecule is C=C.C=C/C(=C\C=C\F)n1c(CCCCOO)nc2cc(C3=NOC(CC/C=C\C=C/CC)C3)ccc2c1=O. The number of halogens is 1. The number of fused-ring (bicyclic) bond motifs is 1. The molecule has 1 unspecified atom stereocenters. The van der Waals surface area contributed by atoms with Crippen molar-refractivity contribution >= 4 is 22.3 Å². The largest absolute Gasteiger partial charge is 0.392 e. The Labute approximate surface area is 229 Å². The highest BCUT2D eigenvalue weighted by atomic mass is 19.1. The van der Waals surface area contributed by atoms with Gasteiger partial charge in [-0.1, -0.05) is 49.0 Å². The summed E-state index contributed by atoms with van der Waals surface area (Å²) >= 11 is 0. The Morgan fingerprint density at radius 3 is 2.77 bits per heavy atom. The average molecular weight is 536 g/mol. The van der Waals surface area contributed by atoms with Gasteiger partial charge in [0.25, 0.3) is 5.56 Å². The van der Waals surface area contributed by atoms with Crippen LogP contribution in [0, 0.1) is 0 Å². The van der Waals surface area contributed by atoms with Gasteiger partial charge in [0.15, 0.2) is 0 Å². The Morgan fingerprint density at radius 1 is 1.26 bits per heavy atom. The Kier molecular flexibility index (Phi) is 14.1. The van der Waals surface area contributed by atoms with Crippen LogP contribution in [0.5, 0.6) is 0 Å². The van der Waals surface area contributed by atoms with Crippen molar-refractivity contribution in [3.8, 4) is 0 Å². The van der Waals surface area contributed by atoms with Crippen LogP contribution in [0.3, 0.4) is 0 Å². The summed E-state index contributed by atoms with van der Waals surface area (Å²) in [6.45, 7) is 12.1. The lowest BCUT2D eigenvalue weighted by molar-refractivity contribution is -0.242. The van der Waals surface area contributed by atoms with E-state index in [0.717, 1.165) is 30.5 Å². The fraction of sp³-hybridized carbons (Fsp3) is 0.323. The minimum Gasteiger partial charge on any atom is -0.392 e.